The van der Waals surface area contributed by atoms with Gasteiger partial charge in [0, 0.05) is 16.9 Å². The molecule has 0 radical (unpaired) electrons. The maximum absolute atomic E-state index is 12.1. The number of carbonyl (C=O) groups is 1. The molecule has 0 bridgehead atoms. The molecule has 1 aliphatic heterocycles. The summed E-state index contributed by atoms with van der Waals surface area (Å²) in [5, 5.41) is 31.7. The van der Waals surface area contributed by atoms with E-state index in [0.29, 0.717) is 12.0 Å². The second-order valence-electron chi connectivity index (χ2n) is 7.41. The number of esters is 1. The monoisotopic (exact) mass is 282 g/mol. The first-order valence-electron chi connectivity index (χ1n) is 7.10. The molecule has 3 aliphatic rings. The summed E-state index contributed by atoms with van der Waals surface area (Å²) in [6, 6.07) is 0. The lowest BCUT2D eigenvalue weighted by Gasteiger charge is -2.59. The SMILES string of the molecule is CC1(C)C[C@H](O)C[C@@]2(C)[C@H]1[C@H](O)C=C1COC(=O)[C@]12O. The predicted octanol–water partition coefficient (Wildman–Crippen LogP) is 0.379. The van der Waals surface area contributed by atoms with Crippen LogP contribution in [0.4, 0.5) is 0 Å². The van der Waals surface area contributed by atoms with Crippen molar-refractivity contribution in [2.75, 3.05) is 6.61 Å². The number of carbonyl (C=O) groups excluding carboxylic acids is 1. The van der Waals surface area contributed by atoms with Gasteiger partial charge in [-0.25, -0.2) is 4.79 Å². The highest BCUT2D eigenvalue weighted by molar-refractivity contribution is 5.88. The highest BCUT2D eigenvalue weighted by atomic mass is 16.6. The first-order chi connectivity index (χ1) is 9.13. The Kier molecular flexibility index (Phi) is 2.70. The Morgan fingerprint density at radius 1 is 1.25 bits per heavy atom. The largest absolute Gasteiger partial charge is 0.459 e. The zero-order valence-corrected chi connectivity index (χ0v) is 12.1. The summed E-state index contributed by atoms with van der Waals surface area (Å²) in [5.41, 5.74) is -2.61. The van der Waals surface area contributed by atoms with Gasteiger partial charge in [0.1, 0.15) is 6.61 Å². The van der Waals surface area contributed by atoms with E-state index >= 15 is 0 Å². The lowest BCUT2D eigenvalue weighted by Crippen LogP contribution is -2.66. The van der Waals surface area contributed by atoms with Crippen LogP contribution < -0.4 is 0 Å². The maximum atomic E-state index is 12.1. The van der Waals surface area contributed by atoms with Crippen molar-refractivity contribution in [1.82, 2.24) is 0 Å². The molecule has 0 amide bonds. The molecule has 5 atom stereocenters. The van der Waals surface area contributed by atoms with Crippen molar-refractivity contribution < 1.29 is 24.9 Å². The van der Waals surface area contributed by atoms with Crippen LogP contribution in [0.15, 0.2) is 11.6 Å². The Labute approximate surface area is 118 Å². The van der Waals surface area contributed by atoms with E-state index < -0.39 is 29.2 Å². The average Bonchev–Trinajstić information content (AvgIpc) is 2.55. The van der Waals surface area contributed by atoms with E-state index in [4.69, 9.17) is 4.74 Å². The fraction of sp³-hybridized carbons (Fsp3) is 0.800. The Bertz CT molecular complexity index is 496. The Balaban J connectivity index is 2.21. The molecule has 0 spiro atoms. The van der Waals surface area contributed by atoms with E-state index in [9.17, 15) is 20.1 Å². The van der Waals surface area contributed by atoms with Crippen LogP contribution in [0.2, 0.25) is 0 Å². The molecule has 2 aliphatic carbocycles. The summed E-state index contributed by atoms with van der Waals surface area (Å²) in [6.07, 6.45) is 1.04. The summed E-state index contributed by atoms with van der Waals surface area (Å²) >= 11 is 0. The highest BCUT2D eigenvalue weighted by Crippen LogP contribution is 2.62. The van der Waals surface area contributed by atoms with E-state index in [-0.39, 0.29) is 24.4 Å². The Hall–Kier alpha value is -0.910. The number of hydrogen-bond acceptors (Lipinski definition) is 5. The zero-order chi connectivity index (χ0) is 14.9. The second-order valence-corrected chi connectivity index (χ2v) is 7.41. The molecule has 5 nitrogen and oxygen atoms in total. The third-order valence-electron chi connectivity index (χ3n) is 5.61. The maximum Gasteiger partial charge on any atom is 0.343 e. The van der Waals surface area contributed by atoms with Gasteiger partial charge in [-0.2, -0.15) is 0 Å². The molecule has 112 valence electrons. The topological polar surface area (TPSA) is 87.0 Å². The van der Waals surface area contributed by atoms with Crippen LogP contribution in [-0.4, -0.2) is 45.7 Å². The van der Waals surface area contributed by atoms with Gasteiger partial charge in [-0.3, -0.25) is 0 Å². The van der Waals surface area contributed by atoms with Crippen LogP contribution in [0.25, 0.3) is 0 Å². The third kappa shape index (κ3) is 1.46. The quantitative estimate of drug-likeness (QED) is 0.441. The van der Waals surface area contributed by atoms with E-state index in [0.717, 1.165) is 0 Å². The Morgan fingerprint density at radius 3 is 2.55 bits per heavy atom. The van der Waals surface area contributed by atoms with Gasteiger partial charge in [-0.1, -0.05) is 20.8 Å². The van der Waals surface area contributed by atoms with E-state index in [1.54, 1.807) is 13.0 Å². The summed E-state index contributed by atoms with van der Waals surface area (Å²) in [4.78, 5) is 12.1. The minimum atomic E-state index is -1.73. The number of aliphatic hydroxyl groups excluding tert-OH is 2. The number of rotatable bonds is 0. The van der Waals surface area contributed by atoms with Crippen LogP contribution in [0, 0.1) is 16.7 Å². The van der Waals surface area contributed by atoms with Crippen molar-refractivity contribution in [3.63, 3.8) is 0 Å². The highest BCUT2D eigenvalue weighted by Gasteiger charge is 2.69. The van der Waals surface area contributed by atoms with Crippen LogP contribution in [0.3, 0.4) is 0 Å². The summed E-state index contributed by atoms with van der Waals surface area (Å²) in [7, 11) is 0. The molecule has 1 heterocycles. The summed E-state index contributed by atoms with van der Waals surface area (Å²) in [6.45, 7) is 5.73. The van der Waals surface area contributed by atoms with Crippen molar-refractivity contribution in [3.05, 3.63) is 11.6 Å². The smallest absolute Gasteiger partial charge is 0.343 e. The van der Waals surface area contributed by atoms with Crippen LogP contribution in [-0.2, 0) is 9.53 Å². The van der Waals surface area contributed by atoms with Gasteiger partial charge in [0.15, 0.2) is 5.60 Å². The normalized spacial score (nSPS) is 50.0. The molecule has 0 aromatic heterocycles. The summed E-state index contributed by atoms with van der Waals surface area (Å²) in [5.74, 6) is -0.967. The van der Waals surface area contributed by atoms with Gasteiger partial charge in [0.25, 0.3) is 0 Å². The first kappa shape index (κ1) is 14.0. The minimum absolute atomic E-state index is 0.0191. The van der Waals surface area contributed by atoms with Crippen LogP contribution in [0.1, 0.15) is 33.6 Å². The number of ether oxygens (including phenoxy) is 1. The molecule has 1 saturated heterocycles. The molecule has 0 unspecified atom stereocenters. The standard InChI is InChI=1S/C15H22O5/c1-13(2)5-9(16)6-14(3)11(13)10(17)4-8-7-20-12(18)15(8,14)19/h4,9-11,16-17,19H,5-7H2,1-3H3/t9-,10+,11-,14-,15+/m0/s1. The van der Waals surface area contributed by atoms with Crippen molar-refractivity contribution in [2.24, 2.45) is 16.7 Å². The average molecular weight is 282 g/mol. The van der Waals surface area contributed by atoms with Crippen molar-refractivity contribution in [1.29, 1.82) is 0 Å². The lowest BCUT2D eigenvalue weighted by atomic mass is 9.46. The van der Waals surface area contributed by atoms with E-state index in [1.807, 2.05) is 13.8 Å². The second kappa shape index (κ2) is 3.84. The van der Waals surface area contributed by atoms with Crippen molar-refractivity contribution in [3.8, 4) is 0 Å². The Morgan fingerprint density at radius 2 is 1.90 bits per heavy atom. The predicted molar refractivity (Wildman–Crippen MR) is 70.6 cm³/mol. The van der Waals surface area contributed by atoms with E-state index in [2.05, 4.69) is 0 Å². The zero-order valence-electron chi connectivity index (χ0n) is 12.1. The third-order valence-corrected chi connectivity index (χ3v) is 5.61. The first-order valence-corrected chi connectivity index (χ1v) is 7.10. The summed E-state index contributed by atoms with van der Waals surface area (Å²) < 4.78 is 5.02. The molecule has 2 fully saturated rings. The molecule has 5 heteroatoms. The van der Waals surface area contributed by atoms with Gasteiger partial charge in [0.05, 0.1) is 12.2 Å². The van der Waals surface area contributed by atoms with Crippen LogP contribution in [0.5, 0.6) is 0 Å². The van der Waals surface area contributed by atoms with Crippen molar-refractivity contribution >= 4 is 5.97 Å². The molecule has 3 N–H and O–H groups in total. The number of cyclic esters (lactones) is 1. The fourth-order valence-electron chi connectivity index (χ4n) is 5.05. The molecule has 3 rings (SSSR count). The molecule has 0 aromatic carbocycles. The number of aliphatic hydroxyl groups is 3. The molecule has 1 saturated carbocycles. The van der Waals surface area contributed by atoms with Gasteiger partial charge in [-0.05, 0) is 24.3 Å². The molecular formula is C15H22O5. The van der Waals surface area contributed by atoms with Crippen LogP contribution >= 0.6 is 0 Å². The van der Waals surface area contributed by atoms with Gasteiger partial charge in [0.2, 0.25) is 0 Å². The van der Waals surface area contributed by atoms with Crippen molar-refractivity contribution in [2.45, 2.75) is 51.4 Å². The van der Waals surface area contributed by atoms with Gasteiger partial charge < -0.3 is 20.1 Å². The molecular weight excluding hydrogens is 260 g/mol. The van der Waals surface area contributed by atoms with Gasteiger partial charge >= 0.3 is 5.97 Å². The van der Waals surface area contributed by atoms with E-state index in [1.165, 1.54) is 0 Å². The molecule has 20 heavy (non-hydrogen) atoms. The lowest BCUT2D eigenvalue weighted by molar-refractivity contribution is -0.201. The fourth-order valence-corrected chi connectivity index (χ4v) is 5.05. The number of fused-ring (bicyclic) bond motifs is 3. The number of hydrogen-bond donors (Lipinski definition) is 3. The van der Waals surface area contributed by atoms with Gasteiger partial charge in [-0.15, -0.1) is 0 Å². The minimum Gasteiger partial charge on any atom is -0.459 e. The molecule has 0 aromatic rings.